The van der Waals surface area contributed by atoms with E-state index < -0.39 is 111 Å². The van der Waals surface area contributed by atoms with Crippen LogP contribution in [0.5, 0.6) is 0 Å². The van der Waals surface area contributed by atoms with Crippen molar-refractivity contribution in [1.82, 2.24) is 34.1 Å². The van der Waals surface area contributed by atoms with Crippen LogP contribution in [0.1, 0.15) is 12.5 Å². The van der Waals surface area contributed by atoms with Crippen LogP contribution in [0.2, 0.25) is 0 Å². The van der Waals surface area contributed by atoms with Gasteiger partial charge in [-0.3, -0.25) is 46.8 Å². The average molecular weight is 882 g/mol. The lowest BCUT2D eigenvalue weighted by molar-refractivity contribution is -0.745. The zero-order valence-corrected chi connectivity index (χ0v) is 31.2. The van der Waals surface area contributed by atoms with Crippen LogP contribution in [-0.4, -0.2) is 119 Å². The lowest BCUT2D eigenvalue weighted by Crippen LogP contribution is -2.46. The molecule has 0 saturated carbocycles. The van der Waals surface area contributed by atoms with Gasteiger partial charge >= 0.3 is 29.1 Å². The fourth-order valence-electron chi connectivity index (χ4n) is 5.70. The Kier molecular flexibility index (Phi) is 11.4. The van der Waals surface area contributed by atoms with E-state index in [0.717, 1.165) is 15.5 Å². The van der Waals surface area contributed by atoms with E-state index in [9.17, 15) is 67.6 Å². The predicted molar refractivity (Wildman–Crippen MR) is 173 cm³/mol. The van der Waals surface area contributed by atoms with Gasteiger partial charge in [0.05, 0.1) is 26.6 Å². The van der Waals surface area contributed by atoms with Crippen molar-refractivity contribution in [2.75, 3.05) is 24.7 Å². The average Bonchev–Trinajstić information content (AvgIpc) is 3.77. The Balaban J connectivity index is 1.09. The summed E-state index contributed by atoms with van der Waals surface area (Å²) in [6.07, 6.45) is -12.5. The first-order valence-corrected chi connectivity index (χ1v) is 21.1. The van der Waals surface area contributed by atoms with E-state index in [-0.39, 0.29) is 28.3 Å². The van der Waals surface area contributed by atoms with E-state index in [4.69, 9.17) is 20.9 Å². The number of anilines is 2. The minimum atomic E-state index is -6.38. The number of aliphatic hydroxyl groups excluding tert-OH is 3. The number of imidazole rings is 2. The Labute approximate surface area is 308 Å². The number of H-pyrrole nitrogens is 2. The molecule has 310 valence electrons. The van der Waals surface area contributed by atoms with E-state index in [1.54, 1.807) is 0 Å². The van der Waals surface area contributed by atoms with Crippen LogP contribution in [-0.2, 0) is 57.0 Å². The van der Waals surface area contributed by atoms with Crippen LogP contribution in [0.25, 0.3) is 22.3 Å². The van der Waals surface area contributed by atoms with Gasteiger partial charge in [0.25, 0.3) is 24.9 Å². The number of nitrogens with two attached hydrogens (primary N) is 2. The number of nitrogens with one attached hydrogen (secondary N) is 2. The Bertz CT molecular complexity index is 2470. The summed E-state index contributed by atoms with van der Waals surface area (Å²) < 4.78 is 84.9. The van der Waals surface area contributed by atoms with Crippen molar-refractivity contribution in [2.45, 2.75) is 49.1 Å². The van der Waals surface area contributed by atoms with Crippen LogP contribution in [0, 0.1) is 0 Å². The molecule has 0 aliphatic carbocycles. The monoisotopic (exact) mass is 882 g/mol. The molecule has 2 aliphatic heterocycles. The summed E-state index contributed by atoms with van der Waals surface area (Å²) in [6.45, 7) is -2.50. The second-order valence-corrected chi connectivity index (χ2v) is 17.6. The molecule has 56 heavy (non-hydrogen) atoms. The van der Waals surface area contributed by atoms with Gasteiger partial charge in [0.15, 0.2) is 23.7 Å². The number of aromatic amines is 2. The van der Waals surface area contributed by atoms with E-state index in [0.29, 0.717) is 0 Å². The van der Waals surface area contributed by atoms with Crippen LogP contribution < -0.4 is 32.0 Å². The second kappa shape index (κ2) is 15.1. The van der Waals surface area contributed by atoms with Crippen LogP contribution >= 0.6 is 31.3 Å². The highest BCUT2D eigenvalue weighted by Crippen LogP contribution is 2.66. The molecule has 0 aromatic carbocycles. The quantitative estimate of drug-likeness (QED) is 0.0417. The Morgan fingerprint density at radius 1 is 0.893 bits per heavy atom. The number of phosphoric ester groups is 3. The summed E-state index contributed by atoms with van der Waals surface area (Å²) in [7, 11) is -22.2. The molecule has 4 aromatic rings. The third-order valence-electron chi connectivity index (χ3n) is 7.90. The maximum atomic E-state index is 12.6. The molecule has 6 rings (SSSR count). The number of fused-ring (bicyclic) bond motifs is 2. The highest BCUT2D eigenvalue weighted by molar-refractivity contribution is 7.66. The number of aryl methyl sites for hydroxylation is 1. The van der Waals surface area contributed by atoms with Crippen molar-refractivity contribution < 1.29 is 94.3 Å². The van der Waals surface area contributed by atoms with Crippen LogP contribution in [0.3, 0.4) is 0 Å². The Hall–Kier alpha value is -3.38. The number of hydrogen-bond acceptors (Lipinski definition) is 22. The minimum absolute atomic E-state index is 0.0220. The maximum absolute atomic E-state index is 12.6. The number of nitrogens with zero attached hydrogens (tertiary/aromatic N) is 6. The van der Waals surface area contributed by atoms with E-state index in [1.165, 1.54) is 17.9 Å². The fraction of sp³-hybridized carbons (Fsp3) is 0.524. The van der Waals surface area contributed by atoms with Gasteiger partial charge in [-0.2, -0.15) is 4.98 Å². The molecule has 11 atom stereocenters. The number of rotatable bonds is 14. The van der Waals surface area contributed by atoms with Gasteiger partial charge in [0, 0.05) is 0 Å². The topological polar surface area (TPSA) is 468 Å². The fourth-order valence-corrected chi connectivity index (χ4v) is 9.74. The van der Waals surface area contributed by atoms with Gasteiger partial charge in [0.1, 0.15) is 36.6 Å². The van der Waals surface area contributed by atoms with Gasteiger partial charge in [-0.25, -0.2) is 31.9 Å². The molecule has 31 nitrogen and oxygen atoms in total. The zero-order chi connectivity index (χ0) is 41.3. The van der Waals surface area contributed by atoms with Crippen molar-refractivity contribution in [1.29, 1.82) is 0 Å². The molecule has 2 saturated heterocycles. The van der Waals surface area contributed by atoms with Gasteiger partial charge in [0.2, 0.25) is 17.7 Å². The van der Waals surface area contributed by atoms with Gasteiger partial charge in [-0.05, 0) is 0 Å². The number of aromatic nitrogens is 8. The molecule has 2 aliphatic rings. The lowest BCUT2D eigenvalue weighted by atomic mass is 10.1. The van der Waals surface area contributed by atoms with Crippen LogP contribution in [0.15, 0.2) is 22.2 Å². The van der Waals surface area contributed by atoms with E-state index in [2.05, 4.69) is 47.1 Å². The molecule has 0 spiro atoms. The molecule has 0 bridgehead atoms. The molecule has 2 fully saturated rings. The first-order chi connectivity index (χ1) is 25.9. The van der Waals surface area contributed by atoms with Crippen molar-refractivity contribution >= 4 is 65.5 Å². The summed E-state index contributed by atoms with van der Waals surface area (Å²) in [4.78, 5) is 91.8. The number of hydrogen-bond donors (Lipinski definition) is 11. The smallest absolute Gasteiger partial charge is 0.478 e. The molecule has 3 unspecified atom stereocenters. The SMILES string of the molecule is Cn1c[n+]([C@@H]2O[C@H](COP(=O)(O)OP(=O)([O-])OP(=O)(O)OC[C@H]3O[C@@H](n4cnc5c(=O)[nH]c(N)nc54)[C@H](O)[C@@H]3OP(=O)(O)O)[C@@H](O)[C@H]2O)c2nc(N)[nH]c(=O)c21. The van der Waals surface area contributed by atoms with Crippen molar-refractivity contribution in [3.63, 3.8) is 0 Å². The summed E-state index contributed by atoms with van der Waals surface area (Å²) in [6, 6.07) is 0. The van der Waals surface area contributed by atoms with Gasteiger partial charge in [-0.1, -0.05) is 4.98 Å². The largest absolute Gasteiger partial charge is 0.756 e. The highest BCUT2D eigenvalue weighted by Gasteiger charge is 2.51. The third kappa shape index (κ3) is 8.86. The number of ether oxygens (including phenoxy) is 2. The Morgan fingerprint density at radius 3 is 2.11 bits per heavy atom. The first-order valence-electron chi connectivity index (χ1n) is 15.1. The summed E-state index contributed by atoms with van der Waals surface area (Å²) in [5.74, 6) is -0.715. The number of nitrogen functional groups attached to an aromatic ring is 2. The predicted octanol–water partition coefficient (Wildman–Crippen LogP) is -5.06. The maximum Gasteiger partial charge on any atom is 0.478 e. The normalized spacial score (nSPS) is 29.1. The highest BCUT2D eigenvalue weighted by atomic mass is 31.3. The van der Waals surface area contributed by atoms with E-state index >= 15 is 0 Å². The minimum Gasteiger partial charge on any atom is -0.756 e. The van der Waals surface area contributed by atoms with Crippen molar-refractivity contribution in [3.8, 4) is 0 Å². The first kappa shape index (κ1) is 42.2. The summed E-state index contributed by atoms with van der Waals surface area (Å²) in [5.41, 5.74) is 8.92. The second-order valence-electron chi connectivity index (χ2n) is 11.8. The summed E-state index contributed by atoms with van der Waals surface area (Å²) in [5, 5.41) is 32.0. The molecule has 13 N–H and O–H groups in total. The van der Waals surface area contributed by atoms with Gasteiger partial charge in [-0.15, -0.1) is 0 Å². The lowest BCUT2D eigenvalue weighted by Gasteiger charge is -2.27. The van der Waals surface area contributed by atoms with Crippen molar-refractivity contribution in [2.24, 2.45) is 7.05 Å². The third-order valence-corrected chi connectivity index (χ3v) is 12.6. The summed E-state index contributed by atoms with van der Waals surface area (Å²) >= 11 is 0. The molecular weight excluding hydrogens is 852 g/mol. The molecule has 4 aromatic heterocycles. The molecular formula is C21H30N10O21P4. The standard InChI is InChI=1S/C21H30N10O21P4/c1-29-5-31(15-9(29)17(36)28-21(23)26-15)18-11(33)10(32)6(48-18)2-46-54(40,41)51-56(44,45)52-55(42,43)47-3-7-13(50-53(37,38)39)12(34)19(49-7)30-4-24-8-14(30)25-20(22)27-16(8)35/h4-7,10-13,18-19,32-34H,2-3H2,1H3,(H10-,22,23,25,26,27,28,35,36,37,38,39,40,41,42,43,44,45)/t6-,7-,10-,11-,12-,13-,18-,19-/m1/s1. The molecule has 0 amide bonds. The molecule has 35 heteroatoms. The Morgan fingerprint density at radius 2 is 1.48 bits per heavy atom. The van der Waals surface area contributed by atoms with E-state index in [1.807, 2.05) is 0 Å². The molecule has 6 heterocycles. The molecule has 0 radical (unpaired) electrons. The van der Waals surface area contributed by atoms with Crippen molar-refractivity contribution in [3.05, 3.63) is 33.4 Å². The number of phosphoric acid groups is 4. The zero-order valence-electron chi connectivity index (χ0n) is 27.7. The number of aliphatic hydroxyl groups is 3. The van der Waals surface area contributed by atoms with Crippen LogP contribution in [0.4, 0.5) is 11.9 Å². The van der Waals surface area contributed by atoms with Gasteiger partial charge < -0.3 is 60.7 Å².